The summed E-state index contributed by atoms with van der Waals surface area (Å²) in [7, 11) is 1.39. The molecule has 16 heavy (non-hydrogen) atoms. The van der Waals surface area contributed by atoms with Gasteiger partial charge in [-0.05, 0) is 19.3 Å². The molecule has 1 saturated heterocycles. The van der Waals surface area contributed by atoms with E-state index in [4.69, 9.17) is 0 Å². The Bertz CT molecular complexity index is 340. The predicted molar refractivity (Wildman–Crippen MR) is 58.5 cm³/mol. The van der Waals surface area contributed by atoms with Crippen molar-refractivity contribution in [3.05, 3.63) is 0 Å². The molecule has 0 unspecified atom stereocenters. The van der Waals surface area contributed by atoms with Crippen molar-refractivity contribution in [2.24, 2.45) is 11.3 Å². The molecular formula is C11H18N2O3. The molecular weight excluding hydrogens is 208 g/mol. The molecule has 0 bridgehead atoms. The van der Waals surface area contributed by atoms with Crippen molar-refractivity contribution in [1.82, 2.24) is 10.2 Å². The quantitative estimate of drug-likeness (QED) is 0.734. The molecule has 0 saturated carbocycles. The zero-order chi connectivity index (χ0) is 12.5. The lowest BCUT2D eigenvalue weighted by molar-refractivity contribution is -0.153. The van der Waals surface area contributed by atoms with Gasteiger partial charge in [-0.3, -0.25) is 19.8 Å². The number of amides is 4. The van der Waals surface area contributed by atoms with Crippen LogP contribution in [0.3, 0.4) is 0 Å². The number of nitrogens with one attached hydrogen (secondary N) is 1. The highest BCUT2D eigenvalue weighted by Gasteiger charge is 2.52. The van der Waals surface area contributed by atoms with Gasteiger partial charge in [0.2, 0.25) is 11.8 Å². The highest BCUT2D eigenvalue weighted by Crippen LogP contribution is 2.34. The molecule has 90 valence electrons. The lowest BCUT2D eigenvalue weighted by Gasteiger charge is -2.39. The second kappa shape index (κ2) is 4.23. The summed E-state index contributed by atoms with van der Waals surface area (Å²) in [6, 6.07) is -0.642. The summed E-state index contributed by atoms with van der Waals surface area (Å²) in [5, 5.41) is 2.22. The SMILES string of the molecule is CCC[C@H](C)[C@@]1(C)C(=O)NC(=O)N(C)C1=O. The van der Waals surface area contributed by atoms with Gasteiger partial charge in [-0.15, -0.1) is 0 Å². The molecule has 5 nitrogen and oxygen atoms in total. The smallest absolute Gasteiger partial charge is 0.277 e. The number of barbiturate groups is 1. The molecule has 2 atom stereocenters. The normalized spacial score (nSPS) is 28.0. The standard InChI is InChI=1S/C11H18N2O3/c1-5-6-7(2)11(3)8(14)12-10(16)13(4)9(11)15/h7H,5-6H2,1-4H3,(H,12,14,16)/t7-,11-/m0/s1. The Hall–Kier alpha value is -1.39. The van der Waals surface area contributed by atoms with E-state index in [9.17, 15) is 14.4 Å². The van der Waals surface area contributed by atoms with Crippen LogP contribution in [0.1, 0.15) is 33.6 Å². The largest absolute Gasteiger partial charge is 0.330 e. The van der Waals surface area contributed by atoms with Crippen molar-refractivity contribution in [3.8, 4) is 0 Å². The topological polar surface area (TPSA) is 66.5 Å². The zero-order valence-electron chi connectivity index (χ0n) is 10.2. The molecule has 1 heterocycles. The van der Waals surface area contributed by atoms with Crippen LogP contribution in [0.2, 0.25) is 0 Å². The second-order valence-corrected chi connectivity index (χ2v) is 4.52. The van der Waals surface area contributed by atoms with E-state index in [0.717, 1.165) is 17.7 Å². The summed E-state index contributed by atoms with van der Waals surface area (Å²) in [4.78, 5) is 36.1. The van der Waals surface area contributed by atoms with Gasteiger partial charge in [0.15, 0.2) is 0 Å². The van der Waals surface area contributed by atoms with Crippen LogP contribution in [-0.4, -0.2) is 29.8 Å². The van der Waals surface area contributed by atoms with Crippen LogP contribution in [0.4, 0.5) is 4.79 Å². The first-order chi connectivity index (χ1) is 7.35. The van der Waals surface area contributed by atoms with E-state index in [-0.39, 0.29) is 5.92 Å². The van der Waals surface area contributed by atoms with E-state index in [1.165, 1.54) is 7.05 Å². The molecule has 1 N–H and O–H groups in total. The Morgan fingerprint density at radius 1 is 1.38 bits per heavy atom. The average Bonchev–Trinajstić information content (AvgIpc) is 2.24. The number of hydrogen-bond acceptors (Lipinski definition) is 3. The van der Waals surface area contributed by atoms with Gasteiger partial charge < -0.3 is 0 Å². The maximum absolute atomic E-state index is 12.0. The number of carbonyl (C=O) groups is 3. The summed E-state index contributed by atoms with van der Waals surface area (Å²) in [5.74, 6) is -0.982. The maximum Gasteiger partial charge on any atom is 0.330 e. The summed E-state index contributed by atoms with van der Waals surface area (Å²) in [6.45, 7) is 5.47. The minimum Gasteiger partial charge on any atom is -0.277 e. The first kappa shape index (κ1) is 12.7. The fourth-order valence-corrected chi connectivity index (χ4v) is 2.00. The summed E-state index contributed by atoms with van der Waals surface area (Å²) >= 11 is 0. The van der Waals surface area contributed by atoms with Crippen molar-refractivity contribution in [2.75, 3.05) is 7.05 Å². The van der Waals surface area contributed by atoms with E-state index in [2.05, 4.69) is 5.32 Å². The molecule has 0 aromatic rings. The average molecular weight is 226 g/mol. The van der Waals surface area contributed by atoms with Crippen LogP contribution < -0.4 is 5.32 Å². The number of nitrogens with zero attached hydrogens (tertiary/aromatic N) is 1. The first-order valence-electron chi connectivity index (χ1n) is 5.49. The Balaban J connectivity index is 3.05. The van der Waals surface area contributed by atoms with Crippen molar-refractivity contribution in [2.45, 2.75) is 33.6 Å². The fourth-order valence-electron chi connectivity index (χ4n) is 2.00. The molecule has 4 amide bonds. The molecule has 1 fully saturated rings. The van der Waals surface area contributed by atoms with E-state index in [1.807, 2.05) is 13.8 Å². The monoisotopic (exact) mass is 226 g/mol. The highest BCUT2D eigenvalue weighted by molar-refractivity contribution is 6.18. The van der Waals surface area contributed by atoms with Crippen LogP contribution in [0.5, 0.6) is 0 Å². The minimum atomic E-state index is -1.13. The zero-order valence-corrected chi connectivity index (χ0v) is 10.2. The van der Waals surface area contributed by atoms with Gasteiger partial charge in [0.05, 0.1) is 0 Å². The maximum atomic E-state index is 12.0. The lowest BCUT2D eigenvalue weighted by atomic mass is 9.73. The van der Waals surface area contributed by atoms with Crippen LogP contribution in [-0.2, 0) is 9.59 Å². The third kappa shape index (κ3) is 1.70. The molecule has 0 radical (unpaired) electrons. The van der Waals surface area contributed by atoms with Gasteiger partial charge in [-0.1, -0.05) is 20.3 Å². The third-order valence-corrected chi connectivity index (χ3v) is 3.45. The Morgan fingerprint density at radius 3 is 2.44 bits per heavy atom. The van der Waals surface area contributed by atoms with Crippen molar-refractivity contribution < 1.29 is 14.4 Å². The molecule has 0 aromatic heterocycles. The van der Waals surface area contributed by atoms with Crippen molar-refractivity contribution in [3.63, 3.8) is 0 Å². The van der Waals surface area contributed by atoms with Crippen LogP contribution in [0.25, 0.3) is 0 Å². The van der Waals surface area contributed by atoms with Gasteiger partial charge in [0, 0.05) is 7.05 Å². The second-order valence-electron chi connectivity index (χ2n) is 4.52. The molecule has 0 aromatic carbocycles. The van der Waals surface area contributed by atoms with E-state index >= 15 is 0 Å². The Labute approximate surface area is 95.2 Å². The molecule has 1 rings (SSSR count). The van der Waals surface area contributed by atoms with E-state index in [0.29, 0.717) is 0 Å². The Kier molecular flexibility index (Phi) is 3.35. The number of urea groups is 1. The molecule has 5 heteroatoms. The van der Waals surface area contributed by atoms with Gasteiger partial charge in [-0.2, -0.15) is 0 Å². The van der Waals surface area contributed by atoms with Gasteiger partial charge in [0.1, 0.15) is 5.41 Å². The van der Waals surface area contributed by atoms with Crippen LogP contribution in [0, 0.1) is 11.3 Å². The fraction of sp³-hybridized carbons (Fsp3) is 0.727. The third-order valence-electron chi connectivity index (χ3n) is 3.45. The predicted octanol–water partition coefficient (Wildman–Crippen LogP) is 1.14. The Morgan fingerprint density at radius 2 is 1.94 bits per heavy atom. The van der Waals surface area contributed by atoms with Crippen molar-refractivity contribution in [1.29, 1.82) is 0 Å². The molecule has 0 aliphatic carbocycles. The van der Waals surface area contributed by atoms with Gasteiger partial charge >= 0.3 is 6.03 Å². The molecule has 0 spiro atoms. The number of carbonyl (C=O) groups excluding carboxylic acids is 3. The number of rotatable bonds is 3. The van der Waals surface area contributed by atoms with Crippen LogP contribution >= 0.6 is 0 Å². The van der Waals surface area contributed by atoms with Crippen LogP contribution in [0.15, 0.2) is 0 Å². The van der Waals surface area contributed by atoms with Gasteiger partial charge in [0.25, 0.3) is 0 Å². The van der Waals surface area contributed by atoms with E-state index in [1.54, 1.807) is 6.92 Å². The van der Waals surface area contributed by atoms with Gasteiger partial charge in [-0.25, -0.2) is 4.79 Å². The lowest BCUT2D eigenvalue weighted by Crippen LogP contribution is -2.63. The highest BCUT2D eigenvalue weighted by atomic mass is 16.2. The first-order valence-corrected chi connectivity index (χ1v) is 5.49. The minimum absolute atomic E-state index is 0.0828. The molecule has 1 aliphatic heterocycles. The number of hydrogen-bond donors (Lipinski definition) is 1. The number of imide groups is 2. The summed E-state index contributed by atoms with van der Waals surface area (Å²) in [5.41, 5.74) is -1.13. The summed E-state index contributed by atoms with van der Waals surface area (Å²) < 4.78 is 0. The summed E-state index contributed by atoms with van der Waals surface area (Å²) in [6.07, 6.45) is 1.67. The van der Waals surface area contributed by atoms with Crippen molar-refractivity contribution >= 4 is 17.8 Å². The van der Waals surface area contributed by atoms with E-state index < -0.39 is 23.3 Å². The molecule has 1 aliphatic rings.